The first-order valence-corrected chi connectivity index (χ1v) is 7.28. The molecule has 1 saturated heterocycles. The van der Waals surface area contributed by atoms with E-state index in [4.69, 9.17) is 11.6 Å². The van der Waals surface area contributed by atoms with Crippen LogP contribution in [0.5, 0.6) is 0 Å². The summed E-state index contributed by atoms with van der Waals surface area (Å²) < 4.78 is 1.32. The molecule has 1 aliphatic rings. The normalized spacial score (nSPS) is 18.7. The van der Waals surface area contributed by atoms with E-state index in [1.54, 1.807) is 25.1 Å². The van der Waals surface area contributed by atoms with Gasteiger partial charge in [-0.2, -0.15) is 0 Å². The van der Waals surface area contributed by atoms with Gasteiger partial charge in [-0.1, -0.05) is 12.1 Å². The lowest BCUT2D eigenvalue weighted by Gasteiger charge is -2.29. The van der Waals surface area contributed by atoms with Crippen LogP contribution in [0.25, 0.3) is 10.9 Å². The standard InChI is InChI=1S/C15H17N5O3/c1-8-18-10-4-2-3-9(7-16)13(10)15(23)19(8)11-5-6-12(21)20(17)14(11)22/h2-4,11H,5-7,16-17H2,1H3. The summed E-state index contributed by atoms with van der Waals surface area (Å²) in [4.78, 5) is 41.2. The molecule has 1 atom stereocenters. The van der Waals surface area contributed by atoms with Gasteiger partial charge in [0.05, 0.1) is 10.9 Å². The SMILES string of the molecule is Cc1nc2cccc(CN)c2c(=O)n1C1CCC(=O)N(N)C1=O. The molecule has 1 fully saturated rings. The van der Waals surface area contributed by atoms with Gasteiger partial charge >= 0.3 is 0 Å². The third-order valence-corrected chi connectivity index (χ3v) is 4.15. The fraction of sp³-hybridized carbons (Fsp3) is 0.333. The number of aryl methyl sites for hydroxylation is 1. The lowest BCUT2D eigenvalue weighted by Crippen LogP contribution is -2.51. The van der Waals surface area contributed by atoms with Crippen LogP contribution in [0.2, 0.25) is 0 Å². The highest BCUT2D eigenvalue weighted by Crippen LogP contribution is 2.23. The van der Waals surface area contributed by atoms with Gasteiger partial charge < -0.3 is 5.73 Å². The molecule has 1 aromatic heterocycles. The number of fused-ring (bicyclic) bond motifs is 1. The van der Waals surface area contributed by atoms with Gasteiger partial charge in [0.2, 0.25) is 5.91 Å². The number of nitrogens with two attached hydrogens (primary N) is 2. The predicted molar refractivity (Wildman–Crippen MR) is 82.9 cm³/mol. The number of benzene rings is 1. The average molecular weight is 315 g/mol. The molecule has 0 spiro atoms. The van der Waals surface area contributed by atoms with E-state index in [1.807, 2.05) is 0 Å². The van der Waals surface area contributed by atoms with E-state index in [2.05, 4.69) is 4.98 Å². The Hall–Kier alpha value is -2.58. The second-order valence-corrected chi connectivity index (χ2v) is 5.51. The van der Waals surface area contributed by atoms with Gasteiger partial charge in [-0.05, 0) is 25.0 Å². The number of rotatable bonds is 2. The third-order valence-electron chi connectivity index (χ3n) is 4.15. The molecule has 0 saturated carbocycles. The highest BCUT2D eigenvalue weighted by Gasteiger charge is 2.35. The zero-order valence-corrected chi connectivity index (χ0v) is 12.7. The first kappa shape index (κ1) is 15.3. The van der Waals surface area contributed by atoms with Crippen LogP contribution in [-0.4, -0.2) is 26.4 Å². The van der Waals surface area contributed by atoms with Gasteiger partial charge in [-0.15, -0.1) is 0 Å². The van der Waals surface area contributed by atoms with E-state index in [9.17, 15) is 14.4 Å². The van der Waals surface area contributed by atoms with Crippen LogP contribution in [0.1, 0.15) is 30.3 Å². The second-order valence-electron chi connectivity index (χ2n) is 5.51. The van der Waals surface area contributed by atoms with E-state index in [-0.39, 0.29) is 24.9 Å². The van der Waals surface area contributed by atoms with Gasteiger partial charge in [0, 0.05) is 13.0 Å². The van der Waals surface area contributed by atoms with Gasteiger partial charge in [-0.25, -0.2) is 15.8 Å². The summed E-state index contributed by atoms with van der Waals surface area (Å²) in [6.07, 6.45) is 0.333. The first-order chi connectivity index (χ1) is 11.0. The molecule has 2 amide bonds. The molecule has 23 heavy (non-hydrogen) atoms. The van der Waals surface area contributed by atoms with Crippen LogP contribution < -0.4 is 17.1 Å². The summed E-state index contributed by atoms with van der Waals surface area (Å²) in [5, 5.41) is 0.980. The molecule has 0 radical (unpaired) electrons. The number of carbonyl (C=O) groups excluding carboxylic acids is 2. The summed E-state index contributed by atoms with van der Waals surface area (Å²) in [6.45, 7) is 1.85. The number of amides is 2. The Labute approximate surface area is 131 Å². The Morgan fingerprint density at radius 3 is 2.74 bits per heavy atom. The molecule has 1 aromatic carbocycles. The summed E-state index contributed by atoms with van der Waals surface area (Å²) in [7, 11) is 0. The quantitative estimate of drug-likeness (QED) is 0.446. The van der Waals surface area contributed by atoms with Crippen molar-refractivity contribution >= 4 is 22.7 Å². The summed E-state index contributed by atoms with van der Waals surface area (Å²) in [6, 6.07) is 4.45. The average Bonchev–Trinajstić information content (AvgIpc) is 2.53. The number of nitrogens with zero attached hydrogens (tertiary/aromatic N) is 3. The number of imide groups is 1. The molecule has 1 aliphatic heterocycles. The van der Waals surface area contributed by atoms with E-state index in [1.165, 1.54) is 4.57 Å². The number of hydrazine groups is 1. The molecule has 2 heterocycles. The maximum atomic E-state index is 12.9. The predicted octanol–water partition coefficient (Wildman–Crippen LogP) is -0.273. The Bertz CT molecular complexity index is 873. The van der Waals surface area contributed by atoms with Crippen LogP contribution in [-0.2, 0) is 16.1 Å². The number of hydrogen-bond acceptors (Lipinski definition) is 6. The highest BCUT2D eigenvalue weighted by atomic mass is 16.2. The molecule has 0 aliphatic carbocycles. The Kier molecular flexibility index (Phi) is 3.70. The van der Waals surface area contributed by atoms with Crippen molar-refractivity contribution in [2.45, 2.75) is 32.4 Å². The minimum atomic E-state index is -0.826. The Balaban J connectivity index is 2.24. The van der Waals surface area contributed by atoms with Crippen molar-refractivity contribution in [2.75, 3.05) is 0 Å². The molecule has 0 bridgehead atoms. The van der Waals surface area contributed by atoms with E-state index < -0.39 is 17.9 Å². The van der Waals surface area contributed by atoms with Crippen molar-refractivity contribution < 1.29 is 9.59 Å². The lowest BCUT2D eigenvalue weighted by molar-refractivity contribution is -0.151. The summed E-state index contributed by atoms with van der Waals surface area (Å²) >= 11 is 0. The molecule has 1 unspecified atom stereocenters. The molecule has 8 heteroatoms. The van der Waals surface area contributed by atoms with Crippen molar-refractivity contribution in [2.24, 2.45) is 11.6 Å². The lowest BCUT2D eigenvalue weighted by atomic mass is 10.0. The minimum absolute atomic E-state index is 0.107. The Morgan fingerprint density at radius 2 is 2.04 bits per heavy atom. The molecule has 3 rings (SSSR count). The van der Waals surface area contributed by atoms with Gasteiger partial charge in [-0.3, -0.25) is 19.0 Å². The minimum Gasteiger partial charge on any atom is -0.326 e. The Morgan fingerprint density at radius 1 is 1.30 bits per heavy atom. The van der Waals surface area contributed by atoms with Gasteiger partial charge in [0.25, 0.3) is 11.5 Å². The van der Waals surface area contributed by atoms with Crippen molar-refractivity contribution in [1.82, 2.24) is 14.6 Å². The maximum Gasteiger partial charge on any atom is 0.266 e. The van der Waals surface area contributed by atoms with Gasteiger partial charge in [0.15, 0.2) is 0 Å². The highest BCUT2D eigenvalue weighted by molar-refractivity contribution is 5.99. The summed E-state index contributed by atoms with van der Waals surface area (Å²) in [5.74, 6) is 4.85. The topological polar surface area (TPSA) is 124 Å². The second kappa shape index (κ2) is 5.56. The van der Waals surface area contributed by atoms with E-state index in [0.717, 1.165) is 0 Å². The van der Waals surface area contributed by atoms with Crippen LogP contribution in [0, 0.1) is 6.92 Å². The van der Waals surface area contributed by atoms with Crippen LogP contribution >= 0.6 is 0 Å². The number of piperidine rings is 1. The fourth-order valence-electron chi connectivity index (χ4n) is 2.99. The smallest absolute Gasteiger partial charge is 0.266 e. The first-order valence-electron chi connectivity index (χ1n) is 7.28. The van der Waals surface area contributed by atoms with Crippen LogP contribution in [0.15, 0.2) is 23.0 Å². The van der Waals surface area contributed by atoms with Crippen LogP contribution in [0.3, 0.4) is 0 Å². The van der Waals surface area contributed by atoms with Crippen LogP contribution in [0.4, 0.5) is 0 Å². The van der Waals surface area contributed by atoms with Crippen molar-refractivity contribution in [3.05, 3.63) is 39.9 Å². The van der Waals surface area contributed by atoms with Crippen molar-refractivity contribution in [1.29, 1.82) is 0 Å². The van der Waals surface area contributed by atoms with E-state index >= 15 is 0 Å². The maximum absolute atomic E-state index is 12.9. The zero-order valence-electron chi connectivity index (χ0n) is 12.7. The van der Waals surface area contributed by atoms with E-state index in [0.29, 0.717) is 27.3 Å². The van der Waals surface area contributed by atoms with Crippen molar-refractivity contribution in [3.63, 3.8) is 0 Å². The zero-order chi connectivity index (χ0) is 16.7. The van der Waals surface area contributed by atoms with Gasteiger partial charge in [0.1, 0.15) is 11.9 Å². The molecule has 8 nitrogen and oxygen atoms in total. The number of aromatic nitrogens is 2. The molecular formula is C15H17N5O3. The number of carbonyl (C=O) groups is 2. The molecule has 4 N–H and O–H groups in total. The molecular weight excluding hydrogens is 298 g/mol. The van der Waals surface area contributed by atoms with Crippen molar-refractivity contribution in [3.8, 4) is 0 Å². The molecule has 120 valence electrons. The summed E-state index contributed by atoms with van der Waals surface area (Å²) in [5.41, 5.74) is 6.57. The monoisotopic (exact) mass is 315 g/mol. The largest absolute Gasteiger partial charge is 0.326 e. The third kappa shape index (κ3) is 2.32. The molecule has 2 aromatic rings. The fourth-order valence-corrected chi connectivity index (χ4v) is 2.99. The number of hydrogen-bond donors (Lipinski definition) is 2.